The van der Waals surface area contributed by atoms with Crippen molar-refractivity contribution in [3.8, 4) is 5.75 Å². The number of nitrogens with zero attached hydrogens (tertiary/aromatic N) is 3. The number of hydrogen-bond donors (Lipinski definition) is 0. The Balaban J connectivity index is 2.32. The summed E-state index contributed by atoms with van der Waals surface area (Å²) in [5.41, 5.74) is -0.421. The zero-order chi connectivity index (χ0) is 15.6. The van der Waals surface area contributed by atoms with Gasteiger partial charge in [0.25, 0.3) is 20.6 Å². The topological polar surface area (TPSA) is 125 Å². The van der Waals surface area contributed by atoms with Gasteiger partial charge < -0.3 is 9.15 Å². The smallest absolute Gasteiger partial charge is 0.271 e. The molecule has 0 saturated heterocycles. The average Bonchev–Trinajstić information content (AvgIpc) is 2.81. The van der Waals surface area contributed by atoms with E-state index in [1.165, 1.54) is 0 Å². The van der Waals surface area contributed by atoms with Crippen molar-refractivity contribution in [1.82, 2.24) is 10.2 Å². The maximum atomic E-state index is 11.5. The molecule has 0 amide bonds. The molecule has 11 heteroatoms. The minimum absolute atomic E-state index is 0.128. The van der Waals surface area contributed by atoms with Crippen molar-refractivity contribution >= 4 is 25.4 Å². The molecule has 9 nitrogen and oxygen atoms in total. The van der Waals surface area contributed by atoms with E-state index in [0.29, 0.717) is 5.89 Å². The summed E-state index contributed by atoms with van der Waals surface area (Å²) in [6.07, 6.45) is 0. The molecule has 1 aromatic heterocycles. The molecule has 0 aliphatic carbocycles. The largest absolute Gasteiger partial charge is 0.482 e. The summed E-state index contributed by atoms with van der Waals surface area (Å²) in [5, 5.41) is 17.9. The minimum Gasteiger partial charge on any atom is -0.482 e. The summed E-state index contributed by atoms with van der Waals surface area (Å²) in [6, 6.07) is 3.05. The van der Waals surface area contributed by atoms with Gasteiger partial charge in [0.15, 0.2) is 6.61 Å². The Morgan fingerprint density at radius 3 is 2.67 bits per heavy atom. The van der Waals surface area contributed by atoms with Crippen LogP contribution in [0.4, 0.5) is 5.69 Å². The van der Waals surface area contributed by atoms with Crippen LogP contribution in [0.25, 0.3) is 0 Å². The first-order valence-corrected chi connectivity index (χ1v) is 7.73. The van der Waals surface area contributed by atoms with Crippen LogP contribution in [0, 0.1) is 17.0 Å². The van der Waals surface area contributed by atoms with Crippen molar-refractivity contribution in [2.24, 2.45) is 0 Å². The lowest BCUT2D eigenvalue weighted by atomic mass is 10.3. The number of hydrogen-bond acceptors (Lipinski definition) is 8. The number of ether oxygens (including phenoxy) is 1. The molecule has 0 fully saturated rings. The molecule has 0 saturated carbocycles. The molecule has 2 rings (SSSR count). The second kappa shape index (κ2) is 5.66. The predicted octanol–water partition coefficient (Wildman–Crippen LogP) is 1.79. The van der Waals surface area contributed by atoms with E-state index in [4.69, 9.17) is 19.8 Å². The Morgan fingerprint density at radius 1 is 1.43 bits per heavy atom. The molecule has 0 aliphatic heterocycles. The van der Waals surface area contributed by atoms with Gasteiger partial charge in [-0.25, -0.2) is 8.42 Å². The molecule has 0 bridgehead atoms. The number of nitro groups is 1. The molecule has 0 radical (unpaired) electrons. The summed E-state index contributed by atoms with van der Waals surface area (Å²) in [7, 11) is 1.03. The van der Waals surface area contributed by atoms with E-state index in [0.717, 1.165) is 18.2 Å². The van der Waals surface area contributed by atoms with E-state index in [1.807, 2.05) is 0 Å². The van der Waals surface area contributed by atoms with Crippen molar-refractivity contribution in [2.45, 2.75) is 18.4 Å². The van der Waals surface area contributed by atoms with E-state index in [1.54, 1.807) is 6.92 Å². The van der Waals surface area contributed by atoms with Crippen LogP contribution in [0.1, 0.15) is 11.8 Å². The summed E-state index contributed by atoms with van der Waals surface area (Å²) in [5.74, 6) is 0.303. The monoisotopic (exact) mass is 333 g/mol. The minimum atomic E-state index is -4.21. The predicted molar refractivity (Wildman–Crippen MR) is 69.5 cm³/mol. The second-order valence-corrected chi connectivity index (χ2v) is 6.36. The van der Waals surface area contributed by atoms with E-state index in [-0.39, 0.29) is 18.2 Å². The summed E-state index contributed by atoms with van der Waals surface area (Å²) in [6.45, 7) is 1.38. The van der Waals surface area contributed by atoms with Crippen molar-refractivity contribution in [3.63, 3.8) is 0 Å². The summed E-state index contributed by atoms with van der Waals surface area (Å²) in [4.78, 5) is 9.42. The number of benzene rings is 1. The van der Waals surface area contributed by atoms with Crippen LogP contribution in [0.15, 0.2) is 27.5 Å². The molecule has 0 spiro atoms. The standard InChI is InChI=1S/C10H8ClN3O6S/c1-6-12-13-10(20-6)5-19-8-3-2-7(14(15)16)4-9(8)21(11,17)18/h2-4H,5H2,1H3. The number of aromatic nitrogens is 2. The van der Waals surface area contributed by atoms with E-state index in [2.05, 4.69) is 10.2 Å². The highest BCUT2D eigenvalue weighted by Crippen LogP contribution is 2.31. The van der Waals surface area contributed by atoms with Crippen molar-refractivity contribution < 1.29 is 22.5 Å². The van der Waals surface area contributed by atoms with Crippen LogP contribution in [-0.4, -0.2) is 23.5 Å². The lowest BCUT2D eigenvalue weighted by Gasteiger charge is -2.07. The first kappa shape index (κ1) is 15.2. The van der Waals surface area contributed by atoms with Crippen LogP contribution >= 0.6 is 10.7 Å². The lowest BCUT2D eigenvalue weighted by Crippen LogP contribution is -2.02. The van der Waals surface area contributed by atoms with Gasteiger partial charge in [0.1, 0.15) is 10.6 Å². The highest BCUT2D eigenvalue weighted by Gasteiger charge is 2.22. The van der Waals surface area contributed by atoms with E-state index < -0.39 is 24.6 Å². The Kier molecular flexibility index (Phi) is 4.09. The highest BCUT2D eigenvalue weighted by molar-refractivity contribution is 8.13. The van der Waals surface area contributed by atoms with Gasteiger partial charge in [0.2, 0.25) is 5.89 Å². The van der Waals surface area contributed by atoms with Gasteiger partial charge in [-0.15, -0.1) is 10.2 Å². The quantitative estimate of drug-likeness (QED) is 0.460. The maximum Gasteiger partial charge on any atom is 0.271 e. The van der Waals surface area contributed by atoms with Crippen LogP contribution in [0.3, 0.4) is 0 Å². The molecule has 1 aromatic carbocycles. The summed E-state index contributed by atoms with van der Waals surface area (Å²) >= 11 is 0. The number of aryl methyl sites for hydroxylation is 1. The van der Waals surface area contributed by atoms with Crippen molar-refractivity contribution in [2.75, 3.05) is 0 Å². The second-order valence-electron chi connectivity index (χ2n) is 3.83. The van der Waals surface area contributed by atoms with Gasteiger partial charge in [-0.3, -0.25) is 10.1 Å². The normalized spacial score (nSPS) is 11.3. The molecule has 1 heterocycles. The third kappa shape index (κ3) is 3.67. The van der Waals surface area contributed by atoms with Gasteiger partial charge in [0.05, 0.1) is 4.92 Å². The number of nitro benzene ring substituents is 1. The van der Waals surface area contributed by atoms with Crippen molar-refractivity contribution in [3.05, 3.63) is 40.1 Å². The fraction of sp³-hybridized carbons (Fsp3) is 0.200. The first-order chi connectivity index (χ1) is 9.77. The van der Waals surface area contributed by atoms with Crippen LogP contribution in [0.5, 0.6) is 5.75 Å². The molecule has 112 valence electrons. The van der Waals surface area contributed by atoms with Gasteiger partial charge >= 0.3 is 0 Å². The SMILES string of the molecule is Cc1nnc(COc2ccc([N+](=O)[O-])cc2S(=O)(=O)Cl)o1. The van der Waals surface area contributed by atoms with Crippen LogP contribution < -0.4 is 4.74 Å². The van der Waals surface area contributed by atoms with Gasteiger partial charge in [-0.1, -0.05) is 0 Å². The van der Waals surface area contributed by atoms with Gasteiger partial charge in [-0.05, 0) is 6.07 Å². The van der Waals surface area contributed by atoms with Crippen molar-refractivity contribution in [1.29, 1.82) is 0 Å². The average molecular weight is 334 g/mol. The molecule has 2 aromatic rings. The van der Waals surface area contributed by atoms with Gasteiger partial charge in [-0.2, -0.15) is 0 Å². The molecule has 0 aliphatic rings. The third-order valence-electron chi connectivity index (χ3n) is 2.32. The molecule has 0 unspecified atom stereocenters. The number of halogens is 1. The Labute approximate surface area is 123 Å². The molecule has 0 N–H and O–H groups in total. The Bertz CT molecular complexity index is 788. The zero-order valence-electron chi connectivity index (χ0n) is 10.5. The van der Waals surface area contributed by atoms with E-state index in [9.17, 15) is 18.5 Å². The third-order valence-corrected chi connectivity index (χ3v) is 3.66. The number of rotatable bonds is 5. The number of non-ortho nitro benzene ring substituents is 1. The molecular weight excluding hydrogens is 326 g/mol. The van der Waals surface area contributed by atoms with Gasteiger partial charge in [0, 0.05) is 29.7 Å². The maximum absolute atomic E-state index is 11.5. The molecule has 0 atom stereocenters. The Morgan fingerprint density at radius 2 is 2.14 bits per heavy atom. The zero-order valence-corrected chi connectivity index (χ0v) is 12.1. The van der Waals surface area contributed by atoms with Crippen LogP contribution in [0.2, 0.25) is 0 Å². The molecule has 21 heavy (non-hydrogen) atoms. The lowest BCUT2D eigenvalue weighted by molar-refractivity contribution is -0.385. The summed E-state index contributed by atoms with van der Waals surface area (Å²) < 4.78 is 33.2. The fourth-order valence-electron chi connectivity index (χ4n) is 1.46. The fourth-order valence-corrected chi connectivity index (χ4v) is 2.45. The van der Waals surface area contributed by atoms with Crippen LogP contribution in [-0.2, 0) is 15.7 Å². The molecular formula is C10H8ClN3O6S. The highest BCUT2D eigenvalue weighted by atomic mass is 35.7. The Hall–Kier alpha value is -2.20. The first-order valence-electron chi connectivity index (χ1n) is 5.42. The van der Waals surface area contributed by atoms with E-state index >= 15 is 0 Å².